The Kier molecular flexibility index (Phi) is 4.07. The second-order valence-corrected chi connectivity index (χ2v) is 4.73. The Labute approximate surface area is 122 Å². The van der Waals surface area contributed by atoms with Gasteiger partial charge in [0.05, 0.1) is 5.56 Å². The second kappa shape index (κ2) is 5.66. The number of fused-ring (bicyclic) bond motifs is 1. The van der Waals surface area contributed by atoms with Crippen molar-refractivity contribution in [3.8, 4) is 0 Å². The van der Waals surface area contributed by atoms with Crippen molar-refractivity contribution in [2.45, 2.75) is 25.1 Å². The van der Waals surface area contributed by atoms with Crippen molar-refractivity contribution in [3.63, 3.8) is 0 Å². The van der Waals surface area contributed by atoms with Crippen LogP contribution in [-0.2, 0) is 16.0 Å². The molecule has 0 fully saturated rings. The van der Waals surface area contributed by atoms with Gasteiger partial charge in [0, 0.05) is 5.69 Å². The normalized spacial score (nSPS) is 18.0. The lowest BCUT2D eigenvalue weighted by Crippen LogP contribution is -2.48. The van der Waals surface area contributed by atoms with Crippen molar-refractivity contribution in [2.24, 2.45) is 0 Å². The van der Waals surface area contributed by atoms with Crippen molar-refractivity contribution < 1.29 is 32.7 Å². The highest BCUT2D eigenvalue weighted by Gasteiger charge is 2.41. The zero-order valence-corrected chi connectivity index (χ0v) is 11.0. The van der Waals surface area contributed by atoms with E-state index in [1.807, 2.05) is 0 Å². The first kappa shape index (κ1) is 15.8. The second-order valence-electron chi connectivity index (χ2n) is 4.73. The molecule has 0 saturated carbocycles. The van der Waals surface area contributed by atoms with Gasteiger partial charge in [0.1, 0.15) is 6.04 Å². The van der Waals surface area contributed by atoms with E-state index in [1.165, 1.54) is 18.2 Å². The molecule has 1 aliphatic rings. The van der Waals surface area contributed by atoms with Crippen LogP contribution in [0.25, 0.3) is 0 Å². The highest BCUT2D eigenvalue weighted by Crippen LogP contribution is 2.24. The van der Waals surface area contributed by atoms with Gasteiger partial charge in [0.15, 0.2) is 0 Å². The Balaban J connectivity index is 2.18. The topological polar surface area (TPSA) is 95.5 Å². The molecule has 0 saturated heterocycles. The summed E-state index contributed by atoms with van der Waals surface area (Å²) in [6.07, 6.45) is -4.99. The molecule has 0 bridgehead atoms. The molecule has 0 spiro atoms. The van der Waals surface area contributed by atoms with Gasteiger partial charge in [-0.25, -0.2) is 4.79 Å². The SMILES string of the molecule is O=C(O)c1ccc2c(c1)CCC(NC(=O)C(F)(F)F)C(=O)N2. The number of aromatic carboxylic acids is 1. The van der Waals surface area contributed by atoms with E-state index >= 15 is 0 Å². The van der Waals surface area contributed by atoms with E-state index in [-0.39, 0.29) is 18.4 Å². The first-order valence-corrected chi connectivity index (χ1v) is 6.23. The van der Waals surface area contributed by atoms with Gasteiger partial charge in [0.25, 0.3) is 0 Å². The standard InChI is InChI=1S/C13H11F3N2O4/c14-13(15,16)12(22)18-9-4-1-6-5-7(11(20)21)2-3-8(6)17-10(9)19/h2-3,5,9H,1,4H2,(H,17,19)(H,18,22)(H,20,21). The summed E-state index contributed by atoms with van der Waals surface area (Å²) in [7, 11) is 0. The van der Waals surface area contributed by atoms with Crippen molar-refractivity contribution in [3.05, 3.63) is 29.3 Å². The number of hydrogen-bond donors (Lipinski definition) is 3. The third kappa shape index (κ3) is 3.35. The van der Waals surface area contributed by atoms with Crippen LogP contribution in [-0.4, -0.2) is 35.1 Å². The number of rotatable bonds is 2. The van der Waals surface area contributed by atoms with Crippen LogP contribution in [0.1, 0.15) is 22.3 Å². The number of alkyl halides is 3. The highest BCUT2D eigenvalue weighted by molar-refractivity contribution is 5.99. The Morgan fingerprint density at radius 3 is 2.59 bits per heavy atom. The molecular formula is C13H11F3N2O4. The lowest BCUT2D eigenvalue weighted by Gasteiger charge is -2.16. The third-order valence-corrected chi connectivity index (χ3v) is 3.19. The number of carboxylic acids is 1. The Bertz CT molecular complexity index is 643. The molecule has 2 amide bonds. The van der Waals surface area contributed by atoms with Gasteiger partial charge < -0.3 is 15.7 Å². The van der Waals surface area contributed by atoms with Crippen molar-refractivity contribution >= 4 is 23.5 Å². The van der Waals surface area contributed by atoms with Gasteiger partial charge in [-0.05, 0) is 36.6 Å². The summed E-state index contributed by atoms with van der Waals surface area (Å²) in [6.45, 7) is 0. The molecule has 3 N–H and O–H groups in total. The fourth-order valence-corrected chi connectivity index (χ4v) is 2.08. The van der Waals surface area contributed by atoms with Crippen LogP contribution >= 0.6 is 0 Å². The molecule has 2 rings (SSSR count). The Morgan fingerprint density at radius 1 is 1.32 bits per heavy atom. The zero-order valence-electron chi connectivity index (χ0n) is 11.0. The van der Waals surface area contributed by atoms with Crippen molar-refractivity contribution in [1.29, 1.82) is 0 Å². The predicted molar refractivity (Wildman–Crippen MR) is 68.3 cm³/mol. The number of aryl methyl sites for hydroxylation is 1. The van der Waals surface area contributed by atoms with Crippen LogP contribution in [0.4, 0.5) is 18.9 Å². The maximum atomic E-state index is 12.2. The van der Waals surface area contributed by atoms with E-state index in [2.05, 4.69) is 5.32 Å². The summed E-state index contributed by atoms with van der Waals surface area (Å²) in [5.41, 5.74) is 0.807. The summed E-state index contributed by atoms with van der Waals surface area (Å²) < 4.78 is 36.7. The number of nitrogens with one attached hydrogen (secondary N) is 2. The van der Waals surface area contributed by atoms with Gasteiger partial charge in [0.2, 0.25) is 5.91 Å². The molecule has 1 unspecified atom stereocenters. The summed E-state index contributed by atoms with van der Waals surface area (Å²) in [5, 5.41) is 12.9. The average Bonchev–Trinajstić information content (AvgIpc) is 2.56. The Hall–Kier alpha value is -2.58. The zero-order chi connectivity index (χ0) is 16.5. The van der Waals surface area contributed by atoms with Gasteiger partial charge >= 0.3 is 18.1 Å². The van der Waals surface area contributed by atoms with Gasteiger partial charge in [-0.3, -0.25) is 9.59 Å². The first-order valence-electron chi connectivity index (χ1n) is 6.23. The number of benzene rings is 1. The number of carbonyl (C=O) groups excluding carboxylic acids is 2. The summed E-state index contributed by atoms with van der Waals surface area (Å²) in [4.78, 5) is 33.6. The maximum absolute atomic E-state index is 12.2. The van der Waals surface area contributed by atoms with E-state index in [0.29, 0.717) is 11.3 Å². The Morgan fingerprint density at radius 2 is 2.00 bits per heavy atom. The van der Waals surface area contributed by atoms with Crippen LogP contribution in [0.15, 0.2) is 18.2 Å². The van der Waals surface area contributed by atoms with Crippen LogP contribution in [0.3, 0.4) is 0 Å². The highest BCUT2D eigenvalue weighted by atomic mass is 19.4. The minimum atomic E-state index is -5.07. The van der Waals surface area contributed by atoms with E-state index in [9.17, 15) is 27.6 Å². The van der Waals surface area contributed by atoms with Crippen LogP contribution in [0.2, 0.25) is 0 Å². The van der Waals surface area contributed by atoms with Crippen LogP contribution < -0.4 is 10.6 Å². The predicted octanol–water partition coefficient (Wildman–Crippen LogP) is 1.32. The molecule has 1 aliphatic heterocycles. The molecule has 0 aromatic heterocycles. The largest absolute Gasteiger partial charge is 0.478 e. The van der Waals surface area contributed by atoms with E-state index in [0.717, 1.165) is 0 Å². The third-order valence-electron chi connectivity index (χ3n) is 3.19. The molecule has 118 valence electrons. The minimum Gasteiger partial charge on any atom is -0.478 e. The summed E-state index contributed by atoms with van der Waals surface area (Å²) in [6, 6.07) is 2.64. The van der Waals surface area contributed by atoms with E-state index in [1.54, 1.807) is 5.32 Å². The number of amides is 2. The molecule has 9 heteroatoms. The van der Waals surface area contributed by atoms with Crippen LogP contribution in [0.5, 0.6) is 0 Å². The van der Waals surface area contributed by atoms with Crippen LogP contribution in [0, 0.1) is 0 Å². The number of carboxylic acid groups (broad SMARTS) is 1. The molecule has 6 nitrogen and oxygen atoms in total. The van der Waals surface area contributed by atoms with E-state index < -0.39 is 30.0 Å². The average molecular weight is 316 g/mol. The van der Waals surface area contributed by atoms with Crippen molar-refractivity contribution in [1.82, 2.24) is 5.32 Å². The monoisotopic (exact) mass is 316 g/mol. The molecule has 0 aliphatic carbocycles. The molecular weight excluding hydrogens is 305 g/mol. The molecule has 1 atom stereocenters. The number of hydrogen-bond acceptors (Lipinski definition) is 3. The molecule has 0 radical (unpaired) electrons. The van der Waals surface area contributed by atoms with Gasteiger partial charge in [-0.15, -0.1) is 0 Å². The molecule has 22 heavy (non-hydrogen) atoms. The number of anilines is 1. The van der Waals surface area contributed by atoms with Gasteiger partial charge in [-0.2, -0.15) is 13.2 Å². The lowest BCUT2D eigenvalue weighted by molar-refractivity contribution is -0.174. The first-order chi connectivity index (χ1) is 10.2. The molecule has 1 aromatic carbocycles. The smallest absolute Gasteiger partial charge is 0.471 e. The fraction of sp³-hybridized carbons (Fsp3) is 0.308. The van der Waals surface area contributed by atoms with Crippen molar-refractivity contribution in [2.75, 3.05) is 5.32 Å². The van der Waals surface area contributed by atoms with Gasteiger partial charge in [-0.1, -0.05) is 0 Å². The maximum Gasteiger partial charge on any atom is 0.471 e. The number of halogens is 3. The van der Waals surface area contributed by atoms with E-state index in [4.69, 9.17) is 5.11 Å². The molecule has 1 heterocycles. The quantitative estimate of drug-likeness (QED) is 0.767. The summed E-state index contributed by atoms with van der Waals surface area (Å²) in [5.74, 6) is -4.12. The molecule has 1 aromatic rings. The fourth-order valence-electron chi connectivity index (χ4n) is 2.08. The number of carbonyl (C=O) groups is 3. The summed E-state index contributed by atoms with van der Waals surface area (Å²) >= 11 is 0. The lowest BCUT2D eigenvalue weighted by atomic mass is 10.0. The minimum absolute atomic E-state index is 0.00535.